The summed E-state index contributed by atoms with van der Waals surface area (Å²) in [6.07, 6.45) is 5.99. The highest BCUT2D eigenvalue weighted by Gasteiger charge is 2.35. The molecule has 0 heterocycles. The second-order valence-electron chi connectivity index (χ2n) is 6.02. The first-order chi connectivity index (χ1) is 10.8. The first-order valence-electron chi connectivity index (χ1n) is 7.80. The van der Waals surface area contributed by atoms with Gasteiger partial charge in [-0.15, -0.1) is 0 Å². The minimum Gasteiger partial charge on any atom is -0.192 e. The largest absolute Gasteiger partial charge is 0.192 e. The Labute approximate surface area is 131 Å². The van der Waals surface area contributed by atoms with E-state index in [0.29, 0.717) is 11.1 Å². The molecule has 22 heavy (non-hydrogen) atoms. The highest BCUT2D eigenvalue weighted by molar-refractivity contribution is 5.44. The first kappa shape index (κ1) is 14.4. The maximum atomic E-state index is 9.00. The van der Waals surface area contributed by atoms with E-state index in [1.807, 2.05) is 24.3 Å². The van der Waals surface area contributed by atoms with Crippen molar-refractivity contribution in [3.63, 3.8) is 0 Å². The number of hydrogen-bond acceptors (Lipinski definition) is 2. The summed E-state index contributed by atoms with van der Waals surface area (Å²) in [4.78, 5) is 0. The SMILES string of the molecule is N#Cc1ccc(C2(c3ccc(C#N)cc3)CCCCC2)cc1. The van der Waals surface area contributed by atoms with Gasteiger partial charge in [-0.05, 0) is 48.2 Å². The highest BCUT2D eigenvalue weighted by atomic mass is 14.4. The van der Waals surface area contributed by atoms with Gasteiger partial charge in [0.15, 0.2) is 0 Å². The van der Waals surface area contributed by atoms with E-state index >= 15 is 0 Å². The lowest BCUT2D eigenvalue weighted by molar-refractivity contribution is 0.346. The van der Waals surface area contributed by atoms with Crippen molar-refractivity contribution < 1.29 is 0 Å². The molecule has 2 aromatic carbocycles. The normalized spacial score (nSPS) is 16.5. The molecule has 2 nitrogen and oxygen atoms in total. The van der Waals surface area contributed by atoms with Gasteiger partial charge in [-0.2, -0.15) is 10.5 Å². The van der Waals surface area contributed by atoms with Crippen LogP contribution in [-0.2, 0) is 5.41 Å². The van der Waals surface area contributed by atoms with Gasteiger partial charge in [0.1, 0.15) is 0 Å². The van der Waals surface area contributed by atoms with Crippen molar-refractivity contribution in [3.05, 3.63) is 70.8 Å². The molecule has 1 aliphatic rings. The smallest absolute Gasteiger partial charge is 0.0991 e. The monoisotopic (exact) mass is 286 g/mol. The van der Waals surface area contributed by atoms with Crippen molar-refractivity contribution in [2.75, 3.05) is 0 Å². The van der Waals surface area contributed by atoms with Crippen molar-refractivity contribution in [1.29, 1.82) is 10.5 Å². The number of nitrogens with zero attached hydrogens (tertiary/aromatic N) is 2. The van der Waals surface area contributed by atoms with Gasteiger partial charge in [0.25, 0.3) is 0 Å². The lowest BCUT2D eigenvalue weighted by Gasteiger charge is -2.38. The zero-order valence-electron chi connectivity index (χ0n) is 12.5. The minimum atomic E-state index is 0.0280. The maximum absolute atomic E-state index is 9.00. The van der Waals surface area contributed by atoms with Crippen LogP contribution < -0.4 is 0 Å². The third-order valence-corrected chi connectivity index (χ3v) is 4.84. The quantitative estimate of drug-likeness (QED) is 0.804. The molecule has 0 spiro atoms. The van der Waals surface area contributed by atoms with Gasteiger partial charge < -0.3 is 0 Å². The third kappa shape index (κ3) is 2.49. The number of benzene rings is 2. The number of rotatable bonds is 2. The van der Waals surface area contributed by atoms with E-state index in [2.05, 4.69) is 36.4 Å². The molecule has 0 unspecified atom stereocenters. The Hall–Kier alpha value is -2.58. The van der Waals surface area contributed by atoms with Crippen molar-refractivity contribution in [1.82, 2.24) is 0 Å². The molecule has 0 atom stereocenters. The number of hydrogen-bond donors (Lipinski definition) is 0. The molecular formula is C20H18N2. The predicted molar refractivity (Wildman–Crippen MR) is 86.2 cm³/mol. The van der Waals surface area contributed by atoms with Gasteiger partial charge in [0.2, 0.25) is 0 Å². The summed E-state index contributed by atoms with van der Waals surface area (Å²) in [5, 5.41) is 18.0. The summed E-state index contributed by atoms with van der Waals surface area (Å²) < 4.78 is 0. The molecule has 1 aliphatic carbocycles. The second-order valence-corrected chi connectivity index (χ2v) is 6.02. The molecule has 2 aromatic rings. The van der Waals surface area contributed by atoms with Crippen LogP contribution >= 0.6 is 0 Å². The average molecular weight is 286 g/mol. The van der Waals surface area contributed by atoms with Crippen LogP contribution in [-0.4, -0.2) is 0 Å². The summed E-state index contributed by atoms with van der Waals surface area (Å²) in [6, 6.07) is 20.4. The molecule has 1 saturated carbocycles. The molecule has 3 rings (SSSR count). The molecule has 0 aromatic heterocycles. The van der Waals surface area contributed by atoms with Gasteiger partial charge >= 0.3 is 0 Å². The van der Waals surface area contributed by atoms with E-state index in [9.17, 15) is 0 Å². The Kier molecular flexibility index (Phi) is 3.94. The van der Waals surface area contributed by atoms with Gasteiger partial charge in [-0.25, -0.2) is 0 Å². The van der Waals surface area contributed by atoms with E-state index < -0.39 is 0 Å². The van der Waals surface area contributed by atoms with Crippen LogP contribution in [0.2, 0.25) is 0 Å². The summed E-state index contributed by atoms with van der Waals surface area (Å²) in [5.74, 6) is 0. The second kappa shape index (κ2) is 6.04. The Bertz CT molecular complexity index is 662. The standard InChI is InChI=1S/C20H18N2/c21-14-16-4-8-18(9-5-16)20(12-2-1-3-13-20)19-10-6-17(15-22)7-11-19/h4-11H,1-3,12-13H2. The molecule has 0 amide bonds. The molecule has 0 bridgehead atoms. The topological polar surface area (TPSA) is 47.6 Å². The zero-order valence-corrected chi connectivity index (χ0v) is 12.5. The summed E-state index contributed by atoms with van der Waals surface area (Å²) >= 11 is 0. The third-order valence-electron chi connectivity index (χ3n) is 4.84. The lowest BCUT2D eigenvalue weighted by atomic mass is 9.65. The fourth-order valence-electron chi connectivity index (χ4n) is 3.63. The van der Waals surface area contributed by atoms with Gasteiger partial charge in [0.05, 0.1) is 23.3 Å². The van der Waals surface area contributed by atoms with Crippen LogP contribution in [0.3, 0.4) is 0 Å². The van der Waals surface area contributed by atoms with Crippen molar-refractivity contribution >= 4 is 0 Å². The molecule has 1 fully saturated rings. The van der Waals surface area contributed by atoms with Gasteiger partial charge in [-0.1, -0.05) is 43.5 Å². The van der Waals surface area contributed by atoms with Crippen molar-refractivity contribution in [2.45, 2.75) is 37.5 Å². The highest BCUT2D eigenvalue weighted by Crippen LogP contribution is 2.44. The van der Waals surface area contributed by atoms with Crippen LogP contribution in [0.15, 0.2) is 48.5 Å². The molecule has 0 saturated heterocycles. The number of nitriles is 2. The van der Waals surface area contributed by atoms with E-state index in [1.165, 1.54) is 30.4 Å². The average Bonchev–Trinajstić information content (AvgIpc) is 2.62. The van der Waals surface area contributed by atoms with Crippen molar-refractivity contribution in [3.8, 4) is 12.1 Å². The lowest BCUT2D eigenvalue weighted by Crippen LogP contribution is -2.30. The summed E-state index contributed by atoms with van der Waals surface area (Å²) in [6.45, 7) is 0. The summed E-state index contributed by atoms with van der Waals surface area (Å²) in [7, 11) is 0. The molecule has 0 N–H and O–H groups in total. The van der Waals surface area contributed by atoms with E-state index in [4.69, 9.17) is 10.5 Å². The molecule has 108 valence electrons. The Morgan fingerprint density at radius 3 is 1.41 bits per heavy atom. The van der Waals surface area contributed by atoms with Crippen LogP contribution in [0, 0.1) is 22.7 Å². The maximum Gasteiger partial charge on any atom is 0.0991 e. The van der Waals surface area contributed by atoms with Crippen LogP contribution in [0.1, 0.15) is 54.4 Å². The zero-order chi connectivity index (χ0) is 15.4. The van der Waals surface area contributed by atoms with E-state index in [1.54, 1.807) is 0 Å². The van der Waals surface area contributed by atoms with Crippen LogP contribution in [0.5, 0.6) is 0 Å². The van der Waals surface area contributed by atoms with Crippen LogP contribution in [0.4, 0.5) is 0 Å². The molecule has 0 aliphatic heterocycles. The molecule has 0 radical (unpaired) electrons. The fourth-order valence-corrected chi connectivity index (χ4v) is 3.63. The van der Waals surface area contributed by atoms with Gasteiger partial charge in [0, 0.05) is 5.41 Å². The van der Waals surface area contributed by atoms with Crippen LogP contribution in [0.25, 0.3) is 0 Å². The van der Waals surface area contributed by atoms with Crippen molar-refractivity contribution in [2.24, 2.45) is 0 Å². The predicted octanol–water partition coefficient (Wildman–Crippen LogP) is 4.68. The molecular weight excluding hydrogens is 268 g/mol. The Balaban J connectivity index is 2.07. The Morgan fingerprint density at radius 1 is 0.636 bits per heavy atom. The molecule has 2 heteroatoms. The van der Waals surface area contributed by atoms with E-state index in [0.717, 1.165) is 12.8 Å². The fraction of sp³-hybridized carbons (Fsp3) is 0.300. The summed E-state index contributed by atoms with van der Waals surface area (Å²) in [5.41, 5.74) is 4.01. The minimum absolute atomic E-state index is 0.0280. The Morgan fingerprint density at radius 2 is 1.05 bits per heavy atom. The van der Waals surface area contributed by atoms with E-state index in [-0.39, 0.29) is 5.41 Å². The first-order valence-corrected chi connectivity index (χ1v) is 7.80. The van der Waals surface area contributed by atoms with Gasteiger partial charge in [-0.3, -0.25) is 0 Å².